The van der Waals surface area contributed by atoms with Gasteiger partial charge in [-0.15, -0.1) is 0 Å². The predicted octanol–water partition coefficient (Wildman–Crippen LogP) is 9.08. The van der Waals surface area contributed by atoms with Gasteiger partial charge in [0.1, 0.15) is 11.5 Å². The summed E-state index contributed by atoms with van der Waals surface area (Å²) in [6.45, 7) is 16.9. The van der Waals surface area contributed by atoms with E-state index in [-0.39, 0.29) is 11.8 Å². The van der Waals surface area contributed by atoms with E-state index in [0.29, 0.717) is 11.5 Å². The topological polar surface area (TPSA) is 40.5 Å². The van der Waals surface area contributed by atoms with Crippen LogP contribution in [0, 0.1) is 13.8 Å². The van der Waals surface area contributed by atoms with Gasteiger partial charge in [0.05, 0.1) is 0 Å². The normalized spacial score (nSPS) is 12.9. The Morgan fingerprint density at radius 2 is 1.31 bits per heavy atom. The van der Waals surface area contributed by atoms with Crippen LogP contribution in [0.1, 0.15) is 101 Å². The molecule has 2 N–H and O–H groups in total. The van der Waals surface area contributed by atoms with Crippen molar-refractivity contribution in [3.8, 4) is 22.6 Å². The van der Waals surface area contributed by atoms with Crippen molar-refractivity contribution >= 4 is 0 Å². The molecule has 2 heteroatoms. The number of aromatic hydroxyl groups is 2. The molecule has 0 amide bonds. The smallest absolute Gasteiger partial charge is 0.127 e. The molecule has 32 heavy (non-hydrogen) atoms. The summed E-state index contributed by atoms with van der Waals surface area (Å²) < 4.78 is 0. The highest BCUT2D eigenvalue weighted by Crippen LogP contribution is 2.43. The summed E-state index contributed by atoms with van der Waals surface area (Å²) in [5, 5.41) is 22.0. The van der Waals surface area contributed by atoms with Crippen LogP contribution in [0.25, 0.3) is 11.1 Å². The second-order valence-electron chi connectivity index (χ2n) is 9.94. The third kappa shape index (κ3) is 6.51. The Kier molecular flexibility index (Phi) is 9.19. The van der Waals surface area contributed by atoms with E-state index in [9.17, 15) is 10.2 Å². The Hall–Kier alpha value is -2.48. The number of aryl methyl sites for hydroxylation is 2. The summed E-state index contributed by atoms with van der Waals surface area (Å²) >= 11 is 0. The highest BCUT2D eigenvalue weighted by molar-refractivity contribution is 5.79. The molecule has 174 valence electrons. The number of hydrogen-bond acceptors (Lipinski definition) is 2. The molecule has 2 rings (SSSR count). The summed E-state index contributed by atoms with van der Waals surface area (Å²) in [6, 6.07) is 8.13. The number of hydrogen-bond donors (Lipinski definition) is 2. The van der Waals surface area contributed by atoms with E-state index in [1.54, 1.807) is 0 Å². The monoisotopic (exact) mass is 434 g/mol. The van der Waals surface area contributed by atoms with Gasteiger partial charge in [0, 0.05) is 5.56 Å². The van der Waals surface area contributed by atoms with Gasteiger partial charge in [-0.05, 0) is 119 Å². The standard InChI is InChI=1S/C30H42O2/c1-19(2)11-9-13-21(5)25-16-15-23(7)29(30(25)32)27-18-26(28(31)17-24(27)8)22(6)14-10-12-20(3)4/h11-12,15-18,21-22,31-32H,9-10,13-14H2,1-8H3/t21-,22-/m0/s1. The minimum Gasteiger partial charge on any atom is -0.508 e. The van der Waals surface area contributed by atoms with Crippen LogP contribution in [0.2, 0.25) is 0 Å². The molecule has 0 aromatic heterocycles. The van der Waals surface area contributed by atoms with Crippen LogP contribution in [-0.2, 0) is 0 Å². The van der Waals surface area contributed by atoms with Crippen LogP contribution >= 0.6 is 0 Å². The lowest BCUT2D eigenvalue weighted by Crippen LogP contribution is -2.00. The third-order valence-corrected chi connectivity index (χ3v) is 6.43. The summed E-state index contributed by atoms with van der Waals surface area (Å²) in [7, 11) is 0. The summed E-state index contributed by atoms with van der Waals surface area (Å²) in [4.78, 5) is 0. The molecule has 0 radical (unpaired) electrons. The predicted molar refractivity (Wildman–Crippen MR) is 139 cm³/mol. The molecular formula is C30H42O2. The maximum absolute atomic E-state index is 11.3. The maximum atomic E-state index is 11.3. The van der Waals surface area contributed by atoms with Crippen LogP contribution < -0.4 is 0 Å². The van der Waals surface area contributed by atoms with Gasteiger partial charge in [-0.3, -0.25) is 0 Å². The zero-order valence-electron chi connectivity index (χ0n) is 21.3. The van der Waals surface area contributed by atoms with Crippen LogP contribution in [0.3, 0.4) is 0 Å². The first-order valence-electron chi connectivity index (χ1n) is 12.0. The number of allylic oxidation sites excluding steroid dienone is 4. The van der Waals surface area contributed by atoms with Gasteiger partial charge in [-0.1, -0.05) is 49.3 Å². The highest BCUT2D eigenvalue weighted by Gasteiger charge is 2.20. The average Bonchev–Trinajstić information content (AvgIpc) is 2.68. The Morgan fingerprint density at radius 3 is 1.84 bits per heavy atom. The van der Waals surface area contributed by atoms with Crippen molar-refractivity contribution in [3.63, 3.8) is 0 Å². The van der Waals surface area contributed by atoms with E-state index < -0.39 is 0 Å². The Bertz CT molecular complexity index is 986. The van der Waals surface area contributed by atoms with Crippen LogP contribution in [0.5, 0.6) is 11.5 Å². The molecule has 0 aliphatic carbocycles. The lowest BCUT2D eigenvalue weighted by atomic mass is 9.85. The molecule has 2 nitrogen and oxygen atoms in total. The lowest BCUT2D eigenvalue weighted by molar-refractivity contribution is 0.458. The molecule has 0 saturated carbocycles. The van der Waals surface area contributed by atoms with Gasteiger partial charge in [0.15, 0.2) is 0 Å². The fourth-order valence-electron chi connectivity index (χ4n) is 4.37. The summed E-state index contributed by atoms with van der Waals surface area (Å²) in [5.74, 6) is 1.23. The minimum absolute atomic E-state index is 0.235. The molecular weight excluding hydrogens is 392 g/mol. The maximum Gasteiger partial charge on any atom is 0.127 e. The molecule has 0 aliphatic rings. The van der Waals surface area contributed by atoms with Crippen molar-refractivity contribution in [1.29, 1.82) is 0 Å². The van der Waals surface area contributed by atoms with Crippen LogP contribution in [-0.4, -0.2) is 10.2 Å². The molecule has 2 atom stereocenters. The van der Waals surface area contributed by atoms with Crippen molar-refractivity contribution < 1.29 is 10.2 Å². The molecule has 2 aromatic rings. The van der Waals surface area contributed by atoms with Crippen molar-refractivity contribution in [1.82, 2.24) is 0 Å². The summed E-state index contributed by atoms with van der Waals surface area (Å²) in [5.41, 5.74) is 8.55. The van der Waals surface area contributed by atoms with Gasteiger partial charge in [-0.2, -0.15) is 0 Å². The van der Waals surface area contributed by atoms with Gasteiger partial charge >= 0.3 is 0 Å². The quantitative estimate of drug-likeness (QED) is 0.386. The highest BCUT2D eigenvalue weighted by atomic mass is 16.3. The first kappa shape index (κ1) is 25.8. The van der Waals surface area contributed by atoms with Gasteiger partial charge < -0.3 is 10.2 Å². The fraction of sp³-hybridized carbons (Fsp3) is 0.467. The minimum atomic E-state index is 0.235. The van der Waals surface area contributed by atoms with E-state index in [2.05, 4.69) is 78.8 Å². The summed E-state index contributed by atoms with van der Waals surface area (Å²) in [6.07, 6.45) is 8.50. The largest absolute Gasteiger partial charge is 0.508 e. The first-order valence-corrected chi connectivity index (χ1v) is 12.0. The molecule has 0 aliphatic heterocycles. The number of rotatable bonds is 9. The molecule has 0 heterocycles. The Balaban J connectivity index is 2.46. The number of phenols is 2. The van der Waals surface area contributed by atoms with Gasteiger partial charge in [0.25, 0.3) is 0 Å². The molecule has 0 unspecified atom stereocenters. The SMILES string of the molecule is CC(C)=CCC[C@H](C)c1cc(-c2c(C)ccc([C@@H](C)CCC=C(C)C)c2O)c(C)cc1O. The zero-order chi connectivity index (χ0) is 24.0. The average molecular weight is 435 g/mol. The van der Waals surface area contributed by atoms with Crippen molar-refractivity contribution in [2.24, 2.45) is 0 Å². The van der Waals surface area contributed by atoms with Crippen molar-refractivity contribution in [3.05, 3.63) is 69.8 Å². The lowest BCUT2D eigenvalue weighted by Gasteiger charge is -2.21. The van der Waals surface area contributed by atoms with E-state index >= 15 is 0 Å². The fourth-order valence-corrected chi connectivity index (χ4v) is 4.37. The molecule has 0 spiro atoms. The van der Waals surface area contributed by atoms with Gasteiger partial charge in [-0.25, -0.2) is 0 Å². The van der Waals surface area contributed by atoms with Crippen LogP contribution in [0.15, 0.2) is 47.6 Å². The van der Waals surface area contributed by atoms with Crippen molar-refractivity contribution in [2.45, 2.75) is 92.9 Å². The third-order valence-electron chi connectivity index (χ3n) is 6.43. The van der Waals surface area contributed by atoms with Crippen molar-refractivity contribution in [2.75, 3.05) is 0 Å². The Labute approximate surface area is 195 Å². The number of phenolic OH excluding ortho intramolecular Hbond substituents is 2. The van der Waals surface area contributed by atoms with E-state index in [1.165, 1.54) is 11.1 Å². The first-order chi connectivity index (χ1) is 15.0. The van der Waals surface area contributed by atoms with E-state index in [0.717, 1.165) is 59.1 Å². The molecule has 0 saturated heterocycles. The molecule has 0 fully saturated rings. The number of benzene rings is 2. The zero-order valence-corrected chi connectivity index (χ0v) is 21.3. The van der Waals surface area contributed by atoms with E-state index in [4.69, 9.17) is 0 Å². The van der Waals surface area contributed by atoms with Crippen LogP contribution in [0.4, 0.5) is 0 Å². The van der Waals surface area contributed by atoms with E-state index in [1.807, 2.05) is 13.0 Å². The second kappa shape index (κ2) is 11.4. The Morgan fingerprint density at radius 1 is 0.781 bits per heavy atom. The molecule has 2 aromatic carbocycles. The second-order valence-corrected chi connectivity index (χ2v) is 9.94. The van der Waals surface area contributed by atoms with Gasteiger partial charge in [0.2, 0.25) is 0 Å². The molecule has 0 bridgehead atoms.